The lowest BCUT2D eigenvalue weighted by Crippen LogP contribution is -2.27. The van der Waals surface area contributed by atoms with Gasteiger partial charge in [0.05, 0.1) is 6.61 Å². The lowest BCUT2D eigenvalue weighted by atomic mass is 9.81. The van der Waals surface area contributed by atoms with Gasteiger partial charge in [0.2, 0.25) is 0 Å². The fraction of sp³-hybridized carbons (Fsp3) is 0.700. The van der Waals surface area contributed by atoms with Crippen molar-refractivity contribution in [2.45, 2.75) is 32.6 Å². The molecule has 0 spiro atoms. The number of ether oxygens (including phenoxy) is 1. The molecule has 1 aliphatic heterocycles. The Kier molecular flexibility index (Phi) is 1.91. The summed E-state index contributed by atoms with van der Waals surface area (Å²) in [6.45, 7) is 2.53. The molecule has 1 saturated carbocycles. The number of hydrogen-bond donors (Lipinski definition) is 0. The first-order chi connectivity index (χ1) is 5.79. The standard InChI is InChI=1S/C10H14O2/c1-7-9-5-3-2-4-8(9)6-12-10(7)11/h8H,2-6H2,1H3/t8-/m1/s1. The van der Waals surface area contributed by atoms with Crippen LogP contribution in [0.5, 0.6) is 0 Å². The lowest BCUT2D eigenvalue weighted by Gasteiger charge is -2.30. The van der Waals surface area contributed by atoms with Crippen LogP contribution in [0, 0.1) is 5.92 Å². The van der Waals surface area contributed by atoms with Gasteiger partial charge < -0.3 is 4.74 Å². The average Bonchev–Trinajstić information content (AvgIpc) is 2.12. The van der Waals surface area contributed by atoms with Crippen molar-refractivity contribution in [3.05, 3.63) is 11.1 Å². The van der Waals surface area contributed by atoms with Crippen molar-refractivity contribution in [2.24, 2.45) is 5.92 Å². The fourth-order valence-corrected chi connectivity index (χ4v) is 2.18. The molecule has 0 N–H and O–H groups in total. The molecule has 0 aromatic carbocycles. The van der Waals surface area contributed by atoms with Crippen LogP contribution in [-0.4, -0.2) is 12.6 Å². The number of esters is 1. The summed E-state index contributed by atoms with van der Waals surface area (Å²) >= 11 is 0. The molecule has 0 unspecified atom stereocenters. The van der Waals surface area contributed by atoms with Crippen molar-refractivity contribution in [3.8, 4) is 0 Å². The van der Waals surface area contributed by atoms with E-state index >= 15 is 0 Å². The molecule has 0 aromatic heterocycles. The molecule has 2 heteroatoms. The topological polar surface area (TPSA) is 26.3 Å². The lowest BCUT2D eigenvalue weighted by molar-refractivity contribution is -0.141. The molecule has 1 atom stereocenters. The van der Waals surface area contributed by atoms with Gasteiger partial charge in [-0.15, -0.1) is 0 Å². The van der Waals surface area contributed by atoms with Gasteiger partial charge in [-0.25, -0.2) is 4.79 Å². The Hall–Kier alpha value is -0.790. The molecule has 1 heterocycles. The summed E-state index contributed by atoms with van der Waals surface area (Å²) in [5, 5.41) is 0. The predicted molar refractivity (Wildman–Crippen MR) is 45.6 cm³/mol. The monoisotopic (exact) mass is 166 g/mol. The summed E-state index contributed by atoms with van der Waals surface area (Å²) < 4.78 is 5.06. The van der Waals surface area contributed by atoms with Crippen LogP contribution < -0.4 is 0 Å². The average molecular weight is 166 g/mol. The smallest absolute Gasteiger partial charge is 0.333 e. The molecule has 0 amide bonds. The van der Waals surface area contributed by atoms with Crippen LogP contribution >= 0.6 is 0 Å². The maximum atomic E-state index is 11.2. The number of hydrogen-bond acceptors (Lipinski definition) is 2. The van der Waals surface area contributed by atoms with E-state index in [1.165, 1.54) is 24.8 Å². The third-order valence-electron chi connectivity index (χ3n) is 2.94. The molecule has 1 fully saturated rings. The van der Waals surface area contributed by atoms with Gasteiger partial charge >= 0.3 is 5.97 Å². The van der Waals surface area contributed by atoms with E-state index < -0.39 is 0 Å². The van der Waals surface area contributed by atoms with Crippen LogP contribution in [0.3, 0.4) is 0 Å². The van der Waals surface area contributed by atoms with E-state index in [2.05, 4.69) is 0 Å². The van der Waals surface area contributed by atoms with E-state index in [9.17, 15) is 4.79 Å². The van der Waals surface area contributed by atoms with Crippen LogP contribution in [0.4, 0.5) is 0 Å². The van der Waals surface area contributed by atoms with Crippen LogP contribution in [0.2, 0.25) is 0 Å². The molecule has 0 bridgehead atoms. The molecule has 2 rings (SSSR count). The Labute approximate surface area is 72.6 Å². The number of carbonyl (C=O) groups excluding carboxylic acids is 1. The SMILES string of the molecule is CC1=C2CCCC[C@@H]2COC1=O. The van der Waals surface area contributed by atoms with Crippen molar-refractivity contribution < 1.29 is 9.53 Å². The summed E-state index contributed by atoms with van der Waals surface area (Å²) in [4.78, 5) is 11.2. The molecule has 66 valence electrons. The van der Waals surface area contributed by atoms with Gasteiger partial charge in [-0.3, -0.25) is 0 Å². The summed E-state index contributed by atoms with van der Waals surface area (Å²) in [6.07, 6.45) is 4.86. The first kappa shape index (κ1) is 7.84. The third kappa shape index (κ3) is 1.15. The van der Waals surface area contributed by atoms with Gasteiger partial charge in [-0.2, -0.15) is 0 Å². The molecule has 12 heavy (non-hydrogen) atoms. The van der Waals surface area contributed by atoms with Gasteiger partial charge in [-0.1, -0.05) is 12.0 Å². The minimum Gasteiger partial charge on any atom is -0.462 e. The summed E-state index contributed by atoms with van der Waals surface area (Å²) in [6, 6.07) is 0. The number of carbonyl (C=O) groups is 1. The first-order valence-corrected chi connectivity index (χ1v) is 4.66. The largest absolute Gasteiger partial charge is 0.462 e. The fourth-order valence-electron chi connectivity index (χ4n) is 2.18. The van der Waals surface area contributed by atoms with Crippen LogP contribution in [-0.2, 0) is 9.53 Å². The highest BCUT2D eigenvalue weighted by molar-refractivity contribution is 5.89. The maximum absolute atomic E-state index is 11.2. The van der Waals surface area contributed by atoms with E-state index in [0.717, 1.165) is 12.0 Å². The van der Waals surface area contributed by atoms with E-state index in [0.29, 0.717) is 12.5 Å². The minimum atomic E-state index is -0.0943. The highest BCUT2D eigenvalue weighted by Crippen LogP contribution is 2.34. The molecular weight excluding hydrogens is 152 g/mol. The normalized spacial score (nSPS) is 29.8. The molecular formula is C10H14O2. The number of fused-ring (bicyclic) bond motifs is 1. The van der Waals surface area contributed by atoms with Crippen LogP contribution in [0.15, 0.2) is 11.1 Å². The predicted octanol–water partition coefficient (Wildman–Crippen LogP) is 2.05. The van der Waals surface area contributed by atoms with Gasteiger partial charge in [0, 0.05) is 11.5 Å². The van der Waals surface area contributed by atoms with E-state index in [1.54, 1.807) is 0 Å². The third-order valence-corrected chi connectivity index (χ3v) is 2.94. The number of cyclic esters (lactones) is 1. The first-order valence-electron chi connectivity index (χ1n) is 4.66. The van der Waals surface area contributed by atoms with Crippen LogP contribution in [0.1, 0.15) is 32.6 Å². The second kappa shape index (κ2) is 2.92. The Morgan fingerprint density at radius 1 is 1.42 bits per heavy atom. The minimum absolute atomic E-state index is 0.0943. The second-order valence-electron chi connectivity index (χ2n) is 3.69. The molecule has 2 nitrogen and oxygen atoms in total. The summed E-state index contributed by atoms with van der Waals surface area (Å²) in [7, 11) is 0. The van der Waals surface area contributed by atoms with E-state index in [-0.39, 0.29) is 5.97 Å². The van der Waals surface area contributed by atoms with Gasteiger partial charge in [0.1, 0.15) is 0 Å². The van der Waals surface area contributed by atoms with Crippen molar-refractivity contribution in [3.63, 3.8) is 0 Å². The Morgan fingerprint density at radius 2 is 2.25 bits per heavy atom. The molecule has 2 aliphatic rings. The molecule has 0 saturated heterocycles. The Morgan fingerprint density at radius 3 is 3.08 bits per heavy atom. The maximum Gasteiger partial charge on any atom is 0.333 e. The zero-order valence-corrected chi connectivity index (χ0v) is 7.43. The Balaban J connectivity index is 2.29. The van der Waals surface area contributed by atoms with Gasteiger partial charge in [0.15, 0.2) is 0 Å². The van der Waals surface area contributed by atoms with Crippen molar-refractivity contribution in [2.75, 3.05) is 6.61 Å². The van der Waals surface area contributed by atoms with Crippen LogP contribution in [0.25, 0.3) is 0 Å². The van der Waals surface area contributed by atoms with Crippen molar-refractivity contribution in [1.29, 1.82) is 0 Å². The second-order valence-corrected chi connectivity index (χ2v) is 3.69. The summed E-state index contributed by atoms with van der Waals surface area (Å²) in [5.41, 5.74) is 2.25. The highest BCUT2D eigenvalue weighted by Gasteiger charge is 2.28. The zero-order valence-electron chi connectivity index (χ0n) is 7.43. The summed E-state index contributed by atoms with van der Waals surface area (Å²) in [5.74, 6) is 0.458. The van der Waals surface area contributed by atoms with Crippen molar-refractivity contribution in [1.82, 2.24) is 0 Å². The molecule has 0 aromatic rings. The van der Waals surface area contributed by atoms with Crippen molar-refractivity contribution >= 4 is 5.97 Å². The highest BCUT2D eigenvalue weighted by atomic mass is 16.5. The van der Waals surface area contributed by atoms with Gasteiger partial charge in [-0.05, 0) is 26.2 Å². The number of rotatable bonds is 0. The zero-order chi connectivity index (χ0) is 8.55. The van der Waals surface area contributed by atoms with E-state index in [1.807, 2.05) is 6.92 Å². The van der Waals surface area contributed by atoms with Gasteiger partial charge in [0.25, 0.3) is 0 Å². The molecule has 0 radical (unpaired) electrons. The van der Waals surface area contributed by atoms with E-state index in [4.69, 9.17) is 4.74 Å². The Bertz CT molecular complexity index is 240. The molecule has 1 aliphatic carbocycles. The quantitative estimate of drug-likeness (QED) is 0.515.